The smallest absolute Gasteiger partial charge is 0.116 e. The molecule has 1 saturated heterocycles. The topological polar surface area (TPSA) is 9.23 Å². The largest absolute Gasteiger partial charge is 0.372 e. The third-order valence-electron chi connectivity index (χ3n) is 2.70. The van der Waals surface area contributed by atoms with Crippen LogP contribution in [0.3, 0.4) is 0 Å². The molecule has 1 heterocycles. The van der Waals surface area contributed by atoms with E-state index in [-0.39, 0.29) is 18.9 Å². The van der Waals surface area contributed by atoms with Crippen molar-refractivity contribution in [3.63, 3.8) is 0 Å². The molecule has 0 bridgehead atoms. The van der Waals surface area contributed by atoms with Crippen LogP contribution in [0.1, 0.15) is 20.8 Å². The summed E-state index contributed by atoms with van der Waals surface area (Å²) < 4.78 is 17.5. The lowest BCUT2D eigenvalue weighted by atomic mass is 9.91. The van der Waals surface area contributed by atoms with Crippen LogP contribution < -0.4 is 0 Å². The summed E-state index contributed by atoms with van der Waals surface area (Å²) in [4.78, 5) is 0. The van der Waals surface area contributed by atoms with Crippen LogP contribution in [0.4, 0.5) is 4.39 Å². The van der Waals surface area contributed by atoms with Gasteiger partial charge in [0.2, 0.25) is 0 Å². The van der Waals surface area contributed by atoms with Crippen molar-refractivity contribution in [2.45, 2.75) is 33.0 Å². The molecule has 4 unspecified atom stereocenters. The first-order valence-corrected chi connectivity index (χ1v) is 3.88. The minimum absolute atomic E-state index is 0.148. The van der Waals surface area contributed by atoms with Gasteiger partial charge in [-0.1, -0.05) is 13.8 Å². The Morgan fingerprint density at radius 1 is 1.20 bits per heavy atom. The fraction of sp³-hybridized carbons (Fsp3) is 1.00. The van der Waals surface area contributed by atoms with E-state index >= 15 is 0 Å². The molecule has 0 aromatic rings. The normalized spacial score (nSPS) is 48.0. The van der Waals surface area contributed by atoms with E-state index in [0.717, 1.165) is 0 Å². The molecule has 60 valence electrons. The number of hydrogen-bond acceptors (Lipinski definition) is 1. The molecule has 1 nitrogen and oxygen atoms in total. The predicted octanol–water partition coefficient (Wildman–Crippen LogP) is 2.02. The summed E-state index contributed by atoms with van der Waals surface area (Å²) in [6.45, 7) is 5.84. The Labute approximate surface area is 61.6 Å². The molecule has 0 aliphatic carbocycles. The van der Waals surface area contributed by atoms with Gasteiger partial charge >= 0.3 is 0 Å². The summed E-state index contributed by atoms with van der Waals surface area (Å²) in [5, 5.41) is 0. The molecule has 1 fully saturated rings. The zero-order valence-electron chi connectivity index (χ0n) is 6.80. The van der Waals surface area contributed by atoms with Crippen molar-refractivity contribution < 1.29 is 9.13 Å². The Kier molecular flexibility index (Phi) is 2.29. The van der Waals surface area contributed by atoms with Crippen molar-refractivity contribution in [1.82, 2.24) is 0 Å². The van der Waals surface area contributed by atoms with Crippen molar-refractivity contribution >= 4 is 0 Å². The molecule has 0 N–H and O–H groups in total. The highest BCUT2D eigenvalue weighted by atomic mass is 19.1. The van der Waals surface area contributed by atoms with E-state index in [9.17, 15) is 4.39 Å². The molecule has 1 rings (SSSR count). The van der Waals surface area contributed by atoms with Gasteiger partial charge in [0.15, 0.2) is 0 Å². The molecule has 0 aromatic heterocycles. The molecule has 4 atom stereocenters. The minimum atomic E-state index is -0.337. The van der Waals surface area contributed by atoms with Crippen LogP contribution in [0, 0.1) is 11.8 Å². The fourth-order valence-corrected chi connectivity index (χ4v) is 1.47. The molecular weight excluding hydrogens is 131 g/mol. The lowest BCUT2D eigenvalue weighted by Crippen LogP contribution is -2.17. The molecule has 10 heavy (non-hydrogen) atoms. The summed E-state index contributed by atoms with van der Waals surface area (Å²) in [6.07, 6.45) is 0.0840. The fourth-order valence-electron chi connectivity index (χ4n) is 1.47. The average molecular weight is 146 g/mol. The van der Waals surface area contributed by atoms with Crippen molar-refractivity contribution in [3.8, 4) is 0 Å². The van der Waals surface area contributed by atoms with Gasteiger partial charge in [0.1, 0.15) is 6.67 Å². The summed E-state index contributed by atoms with van der Waals surface area (Å²) in [6, 6.07) is 0. The molecule has 1 aliphatic rings. The number of ether oxygens (including phenoxy) is 1. The van der Waals surface area contributed by atoms with E-state index in [1.807, 2.05) is 6.92 Å². The molecule has 1 aliphatic heterocycles. The number of halogens is 1. The Balaban J connectivity index is 2.53. The van der Waals surface area contributed by atoms with Gasteiger partial charge in [-0.05, 0) is 18.8 Å². The van der Waals surface area contributed by atoms with Crippen LogP contribution in [-0.2, 0) is 4.74 Å². The molecule has 0 spiro atoms. The summed E-state index contributed by atoms with van der Waals surface area (Å²) >= 11 is 0. The molecular formula is C8H15FO. The highest BCUT2D eigenvalue weighted by molar-refractivity contribution is 4.82. The second-order valence-electron chi connectivity index (χ2n) is 3.25. The first-order chi connectivity index (χ1) is 4.66. The van der Waals surface area contributed by atoms with Gasteiger partial charge in [-0.25, -0.2) is 4.39 Å². The second-order valence-corrected chi connectivity index (χ2v) is 3.25. The SMILES string of the molecule is CC1OC(CF)C(C)C1C. The number of hydrogen-bond donors (Lipinski definition) is 0. The quantitative estimate of drug-likeness (QED) is 0.550. The van der Waals surface area contributed by atoms with E-state index in [0.29, 0.717) is 11.8 Å². The van der Waals surface area contributed by atoms with Gasteiger partial charge in [-0.15, -0.1) is 0 Å². The van der Waals surface area contributed by atoms with E-state index < -0.39 is 0 Å². The maximum atomic E-state index is 12.2. The van der Waals surface area contributed by atoms with Crippen LogP contribution in [0.5, 0.6) is 0 Å². The highest BCUT2D eigenvalue weighted by Crippen LogP contribution is 2.31. The molecule has 0 saturated carbocycles. The van der Waals surface area contributed by atoms with Gasteiger partial charge < -0.3 is 4.74 Å². The standard InChI is InChI=1S/C8H15FO/c1-5-6(2)8(4-9)10-7(5)3/h5-8H,4H2,1-3H3. The van der Waals surface area contributed by atoms with Gasteiger partial charge in [0, 0.05) is 0 Å². The summed E-state index contributed by atoms with van der Waals surface area (Å²) in [7, 11) is 0. The Bertz CT molecular complexity index is 116. The third-order valence-corrected chi connectivity index (χ3v) is 2.70. The molecule has 0 radical (unpaired) electrons. The average Bonchev–Trinajstić information content (AvgIpc) is 2.17. The zero-order chi connectivity index (χ0) is 7.72. The van der Waals surface area contributed by atoms with Crippen molar-refractivity contribution in [2.75, 3.05) is 6.67 Å². The van der Waals surface area contributed by atoms with E-state index in [1.165, 1.54) is 0 Å². The monoisotopic (exact) mass is 146 g/mol. The van der Waals surface area contributed by atoms with Crippen molar-refractivity contribution in [3.05, 3.63) is 0 Å². The van der Waals surface area contributed by atoms with E-state index in [2.05, 4.69) is 13.8 Å². The van der Waals surface area contributed by atoms with Crippen LogP contribution >= 0.6 is 0 Å². The predicted molar refractivity (Wildman–Crippen MR) is 38.6 cm³/mol. The van der Waals surface area contributed by atoms with E-state index in [1.54, 1.807) is 0 Å². The first-order valence-electron chi connectivity index (χ1n) is 3.88. The van der Waals surface area contributed by atoms with Gasteiger partial charge in [-0.2, -0.15) is 0 Å². The Hall–Kier alpha value is -0.110. The Morgan fingerprint density at radius 2 is 1.80 bits per heavy atom. The zero-order valence-corrected chi connectivity index (χ0v) is 6.80. The summed E-state index contributed by atoms with van der Waals surface area (Å²) in [5.74, 6) is 0.876. The maximum absolute atomic E-state index is 12.2. The van der Waals surface area contributed by atoms with Crippen molar-refractivity contribution in [1.29, 1.82) is 0 Å². The van der Waals surface area contributed by atoms with Gasteiger partial charge in [0.25, 0.3) is 0 Å². The van der Waals surface area contributed by atoms with E-state index in [4.69, 9.17) is 4.74 Å². The van der Waals surface area contributed by atoms with Crippen molar-refractivity contribution in [2.24, 2.45) is 11.8 Å². The number of alkyl halides is 1. The van der Waals surface area contributed by atoms with Gasteiger partial charge in [0.05, 0.1) is 12.2 Å². The molecule has 2 heteroatoms. The van der Waals surface area contributed by atoms with Crippen LogP contribution in [0.25, 0.3) is 0 Å². The number of rotatable bonds is 1. The lowest BCUT2D eigenvalue weighted by Gasteiger charge is -2.11. The van der Waals surface area contributed by atoms with Crippen LogP contribution in [0.15, 0.2) is 0 Å². The highest BCUT2D eigenvalue weighted by Gasteiger charge is 2.35. The van der Waals surface area contributed by atoms with Gasteiger partial charge in [-0.3, -0.25) is 0 Å². The minimum Gasteiger partial charge on any atom is -0.372 e. The second kappa shape index (κ2) is 2.87. The van der Waals surface area contributed by atoms with Crippen LogP contribution in [0.2, 0.25) is 0 Å². The third kappa shape index (κ3) is 1.17. The first kappa shape index (κ1) is 7.99. The lowest BCUT2D eigenvalue weighted by molar-refractivity contribution is 0.0267. The Morgan fingerprint density at radius 3 is 2.00 bits per heavy atom. The summed E-state index contributed by atoms with van der Waals surface area (Å²) in [5.41, 5.74) is 0. The molecule has 0 aromatic carbocycles. The maximum Gasteiger partial charge on any atom is 0.116 e. The van der Waals surface area contributed by atoms with Crippen LogP contribution in [-0.4, -0.2) is 18.9 Å². The molecule has 0 amide bonds.